The van der Waals surface area contributed by atoms with E-state index in [0.29, 0.717) is 11.3 Å². The molecule has 0 radical (unpaired) electrons. The molecule has 4 rings (SSSR count). The van der Waals surface area contributed by atoms with Gasteiger partial charge in [-0.15, -0.1) is 0 Å². The van der Waals surface area contributed by atoms with Gasteiger partial charge in [-0.25, -0.2) is 9.67 Å². The number of hydrogen-bond donors (Lipinski definition) is 1. The van der Waals surface area contributed by atoms with Crippen LogP contribution < -0.4 is 5.32 Å². The first kappa shape index (κ1) is 22.3. The van der Waals surface area contributed by atoms with Crippen LogP contribution in [-0.4, -0.2) is 35.6 Å². The summed E-state index contributed by atoms with van der Waals surface area (Å²) in [6.45, 7) is 10.4. The second-order valence-corrected chi connectivity index (χ2v) is 9.07. The molecule has 8 nitrogen and oxygen atoms in total. The fraction of sp³-hybridized carbons (Fsp3) is 0.280. The van der Waals surface area contributed by atoms with Crippen molar-refractivity contribution in [3.05, 3.63) is 83.6 Å². The van der Waals surface area contributed by atoms with Crippen molar-refractivity contribution < 1.29 is 4.79 Å². The largest absolute Gasteiger partial charge is 0.346 e. The third-order valence-corrected chi connectivity index (χ3v) is 5.11. The topological polar surface area (TPSA) is 98.5 Å². The Balaban J connectivity index is 1.73. The molecule has 1 N–H and O–H groups in total. The molecule has 33 heavy (non-hydrogen) atoms. The van der Waals surface area contributed by atoms with Crippen LogP contribution in [0.15, 0.2) is 55.2 Å². The van der Waals surface area contributed by atoms with E-state index in [1.165, 1.54) is 6.33 Å². The van der Waals surface area contributed by atoms with Crippen molar-refractivity contribution in [1.29, 1.82) is 0 Å². The molecule has 4 aromatic rings. The van der Waals surface area contributed by atoms with Gasteiger partial charge in [0.2, 0.25) is 0 Å². The molecule has 0 aliphatic heterocycles. The molecule has 0 spiro atoms. The SMILES string of the molecule is Cc1ccc(-c2cc(C(=O)NCc3cnc(C)cn3)cc(-n3ncnc3C(C)(C)C)c2)nc1. The molecule has 3 heterocycles. The molecular weight excluding hydrogens is 414 g/mol. The van der Waals surface area contributed by atoms with Crippen molar-refractivity contribution in [2.75, 3.05) is 0 Å². The van der Waals surface area contributed by atoms with E-state index in [4.69, 9.17) is 0 Å². The van der Waals surface area contributed by atoms with E-state index in [2.05, 4.69) is 51.1 Å². The summed E-state index contributed by atoms with van der Waals surface area (Å²) in [7, 11) is 0. The van der Waals surface area contributed by atoms with Crippen LogP contribution in [0.4, 0.5) is 0 Å². The monoisotopic (exact) mass is 441 g/mol. The fourth-order valence-electron chi connectivity index (χ4n) is 3.38. The summed E-state index contributed by atoms with van der Waals surface area (Å²) < 4.78 is 1.78. The van der Waals surface area contributed by atoms with Gasteiger partial charge < -0.3 is 5.32 Å². The van der Waals surface area contributed by atoms with Gasteiger partial charge in [0.25, 0.3) is 5.91 Å². The zero-order valence-corrected chi connectivity index (χ0v) is 19.5. The summed E-state index contributed by atoms with van der Waals surface area (Å²) in [5.74, 6) is 0.586. The van der Waals surface area contributed by atoms with Gasteiger partial charge in [-0.2, -0.15) is 5.10 Å². The minimum Gasteiger partial charge on any atom is -0.346 e. The molecule has 0 aliphatic rings. The van der Waals surface area contributed by atoms with Gasteiger partial charge in [-0.05, 0) is 43.7 Å². The molecule has 1 amide bonds. The zero-order valence-electron chi connectivity index (χ0n) is 19.5. The van der Waals surface area contributed by atoms with Gasteiger partial charge in [0.05, 0.1) is 35.5 Å². The fourth-order valence-corrected chi connectivity index (χ4v) is 3.38. The summed E-state index contributed by atoms with van der Waals surface area (Å²) >= 11 is 0. The van der Waals surface area contributed by atoms with E-state index in [1.54, 1.807) is 17.1 Å². The average molecular weight is 442 g/mol. The minimum atomic E-state index is -0.221. The van der Waals surface area contributed by atoms with Crippen LogP contribution in [0.2, 0.25) is 0 Å². The highest BCUT2D eigenvalue weighted by atomic mass is 16.1. The molecule has 8 heteroatoms. The third kappa shape index (κ3) is 5.11. The molecule has 0 aliphatic carbocycles. The number of nitrogens with zero attached hydrogens (tertiary/aromatic N) is 6. The van der Waals surface area contributed by atoms with Crippen molar-refractivity contribution >= 4 is 5.91 Å². The first-order chi connectivity index (χ1) is 15.7. The summed E-state index contributed by atoms with van der Waals surface area (Å²) in [4.78, 5) is 30.6. The standard InChI is InChI=1S/C25H27N7O/c1-16-6-7-22(28-11-16)18-8-19(23(33)29-14-20-13-26-17(2)12-27-20)10-21(9-18)32-24(25(3,4)5)30-15-31-32/h6-13,15H,14H2,1-5H3,(H,29,33). The van der Waals surface area contributed by atoms with E-state index in [9.17, 15) is 4.79 Å². The number of nitrogens with one attached hydrogen (secondary N) is 1. The van der Waals surface area contributed by atoms with Crippen LogP contribution >= 0.6 is 0 Å². The van der Waals surface area contributed by atoms with Gasteiger partial charge in [0.1, 0.15) is 12.2 Å². The van der Waals surface area contributed by atoms with Crippen LogP contribution in [0, 0.1) is 13.8 Å². The predicted octanol–water partition coefficient (Wildman–Crippen LogP) is 3.96. The summed E-state index contributed by atoms with van der Waals surface area (Å²) in [6, 6.07) is 9.58. The van der Waals surface area contributed by atoms with Gasteiger partial charge in [-0.1, -0.05) is 26.8 Å². The maximum atomic E-state index is 13.1. The smallest absolute Gasteiger partial charge is 0.251 e. The lowest BCUT2D eigenvalue weighted by molar-refractivity contribution is 0.0950. The minimum absolute atomic E-state index is 0.218. The summed E-state index contributed by atoms with van der Waals surface area (Å²) in [6.07, 6.45) is 6.70. The Morgan fingerprint density at radius 2 is 1.79 bits per heavy atom. The lowest BCUT2D eigenvalue weighted by Gasteiger charge is -2.19. The lowest BCUT2D eigenvalue weighted by Crippen LogP contribution is -2.24. The molecule has 0 saturated heterocycles. The normalized spacial score (nSPS) is 11.4. The maximum Gasteiger partial charge on any atom is 0.251 e. The quantitative estimate of drug-likeness (QED) is 0.503. The highest BCUT2D eigenvalue weighted by Gasteiger charge is 2.22. The van der Waals surface area contributed by atoms with Crippen molar-refractivity contribution in [3.8, 4) is 16.9 Å². The Morgan fingerprint density at radius 1 is 0.970 bits per heavy atom. The van der Waals surface area contributed by atoms with E-state index < -0.39 is 0 Å². The second-order valence-electron chi connectivity index (χ2n) is 9.07. The number of aryl methyl sites for hydroxylation is 2. The molecular formula is C25H27N7O. The molecule has 168 valence electrons. The molecule has 1 aromatic carbocycles. The van der Waals surface area contributed by atoms with E-state index in [1.807, 2.05) is 50.4 Å². The first-order valence-electron chi connectivity index (χ1n) is 10.8. The number of hydrogen-bond acceptors (Lipinski definition) is 6. The van der Waals surface area contributed by atoms with Crippen molar-refractivity contribution in [2.24, 2.45) is 0 Å². The van der Waals surface area contributed by atoms with Crippen molar-refractivity contribution in [2.45, 2.75) is 46.6 Å². The van der Waals surface area contributed by atoms with Crippen LogP contribution in [-0.2, 0) is 12.0 Å². The number of rotatable bonds is 5. The van der Waals surface area contributed by atoms with E-state index in [0.717, 1.165) is 34.0 Å². The molecule has 0 saturated carbocycles. The van der Waals surface area contributed by atoms with Crippen LogP contribution in [0.25, 0.3) is 16.9 Å². The van der Waals surface area contributed by atoms with Crippen molar-refractivity contribution in [3.63, 3.8) is 0 Å². The number of benzene rings is 1. The Kier molecular flexibility index (Phi) is 6.00. The highest BCUT2D eigenvalue weighted by Crippen LogP contribution is 2.27. The zero-order chi connectivity index (χ0) is 23.6. The summed E-state index contributed by atoms with van der Waals surface area (Å²) in [5.41, 5.74) is 5.21. The van der Waals surface area contributed by atoms with Gasteiger partial charge in [0, 0.05) is 28.9 Å². The maximum absolute atomic E-state index is 13.1. The Morgan fingerprint density at radius 3 is 2.45 bits per heavy atom. The van der Waals surface area contributed by atoms with Crippen molar-refractivity contribution in [1.82, 2.24) is 35.0 Å². The van der Waals surface area contributed by atoms with Crippen LogP contribution in [0.3, 0.4) is 0 Å². The van der Waals surface area contributed by atoms with Gasteiger partial charge in [0.15, 0.2) is 0 Å². The third-order valence-electron chi connectivity index (χ3n) is 5.11. The van der Waals surface area contributed by atoms with Gasteiger partial charge in [-0.3, -0.25) is 19.7 Å². The number of amides is 1. The van der Waals surface area contributed by atoms with Crippen LogP contribution in [0.5, 0.6) is 0 Å². The first-order valence-corrected chi connectivity index (χ1v) is 10.8. The van der Waals surface area contributed by atoms with E-state index in [-0.39, 0.29) is 17.9 Å². The Bertz CT molecular complexity index is 1270. The Labute approximate surface area is 193 Å². The number of pyridine rings is 1. The van der Waals surface area contributed by atoms with E-state index >= 15 is 0 Å². The lowest BCUT2D eigenvalue weighted by atomic mass is 9.95. The predicted molar refractivity (Wildman–Crippen MR) is 126 cm³/mol. The number of carbonyl (C=O) groups is 1. The number of aromatic nitrogens is 6. The van der Waals surface area contributed by atoms with Crippen LogP contribution in [0.1, 0.15) is 53.9 Å². The second kappa shape index (κ2) is 8.90. The average Bonchev–Trinajstić information content (AvgIpc) is 3.29. The molecule has 3 aromatic heterocycles. The Hall–Kier alpha value is -3.94. The number of carbonyl (C=O) groups excluding carboxylic acids is 1. The molecule has 0 bridgehead atoms. The van der Waals surface area contributed by atoms with Gasteiger partial charge >= 0.3 is 0 Å². The highest BCUT2D eigenvalue weighted by molar-refractivity contribution is 5.96. The summed E-state index contributed by atoms with van der Waals surface area (Å²) in [5, 5.41) is 7.37. The molecule has 0 unspecified atom stereocenters. The molecule has 0 atom stereocenters. The molecule has 0 fully saturated rings.